The summed E-state index contributed by atoms with van der Waals surface area (Å²) in [5.41, 5.74) is 0.456. The van der Waals surface area contributed by atoms with Crippen molar-refractivity contribution in [3.63, 3.8) is 0 Å². The van der Waals surface area contributed by atoms with Gasteiger partial charge >= 0.3 is 0 Å². The molecule has 1 heterocycles. The first-order chi connectivity index (χ1) is 12.6. The van der Waals surface area contributed by atoms with Crippen LogP contribution in [-0.2, 0) is 19.0 Å². The number of amides is 1. The quantitative estimate of drug-likeness (QED) is 0.589. The average molecular weight is 376 g/mol. The summed E-state index contributed by atoms with van der Waals surface area (Å²) in [6.07, 6.45) is 1.86. The van der Waals surface area contributed by atoms with Crippen molar-refractivity contribution in [1.82, 2.24) is 9.36 Å². The Hall–Kier alpha value is -2.77. The maximum atomic E-state index is 14.0. The highest BCUT2D eigenvalue weighted by Crippen LogP contribution is 2.21. The Kier molecular flexibility index (Phi) is 5.98. The number of carbonyl (C=O) groups excluding carboxylic acids is 1. The lowest BCUT2D eigenvalue weighted by Crippen LogP contribution is -2.25. The number of unbranched alkanes of at least 4 members (excludes halogenated alkanes) is 1. The minimum atomic E-state index is -0.840. The first kappa shape index (κ1) is 20.5. The molecule has 0 N–H and O–H groups in total. The van der Waals surface area contributed by atoms with Gasteiger partial charge in [0.05, 0.1) is 10.5 Å². The normalized spacial score (nSPS) is 12.4. The van der Waals surface area contributed by atoms with Crippen molar-refractivity contribution < 1.29 is 14.1 Å². The first-order valence-corrected chi connectivity index (χ1v) is 8.86. The number of nitro groups is 1. The number of benzene rings is 1. The second-order valence-electron chi connectivity index (χ2n) is 7.48. The molecule has 0 atom stereocenters. The number of halogens is 1. The lowest BCUT2D eigenvalue weighted by atomic mass is 9.92. The van der Waals surface area contributed by atoms with E-state index >= 15 is 0 Å². The molecule has 0 radical (unpaired) electrons. The number of non-ortho nitro benzene ring substituents is 1. The predicted octanol–water partition coefficient (Wildman–Crippen LogP) is 3.71. The Bertz CT molecular complexity index is 935. The molecule has 2 aromatic rings. The Morgan fingerprint density at radius 1 is 1.30 bits per heavy atom. The van der Waals surface area contributed by atoms with Crippen molar-refractivity contribution >= 4 is 11.6 Å². The van der Waals surface area contributed by atoms with Crippen LogP contribution >= 0.6 is 0 Å². The lowest BCUT2D eigenvalue weighted by molar-refractivity contribution is -0.384. The molecule has 1 aromatic carbocycles. The van der Waals surface area contributed by atoms with Gasteiger partial charge in [0.1, 0.15) is 5.82 Å². The van der Waals surface area contributed by atoms with E-state index in [2.05, 4.69) is 32.7 Å². The van der Waals surface area contributed by atoms with Crippen molar-refractivity contribution in [2.24, 2.45) is 12.0 Å². The Balaban J connectivity index is 2.59. The van der Waals surface area contributed by atoms with Crippen LogP contribution in [0.4, 0.5) is 10.1 Å². The summed E-state index contributed by atoms with van der Waals surface area (Å²) in [5, 5.41) is 10.9. The lowest BCUT2D eigenvalue weighted by Gasteiger charge is -2.20. The van der Waals surface area contributed by atoms with E-state index in [9.17, 15) is 19.3 Å². The van der Waals surface area contributed by atoms with Crippen LogP contribution in [0.1, 0.15) is 56.6 Å². The third kappa shape index (κ3) is 4.50. The summed E-state index contributed by atoms with van der Waals surface area (Å²) < 4.78 is 17.9. The van der Waals surface area contributed by atoms with E-state index in [1.165, 1.54) is 0 Å². The molecule has 2 rings (SSSR count). The fourth-order valence-corrected chi connectivity index (χ4v) is 2.89. The first-order valence-electron chi connectivity index (χ1n) is 8.86. The maximum Gasteiger partial charge on any atom is 0.282 e. The second kappa shape index (κ2) is 7.85. The number of carbonyl (C=O) groups is 1. The second-order valence-corrected chi connectivity index (χ2v) is 7.48. The van der Waals surface area contributed by atoms with E-state index in [1.54, 1.807) is 0 Å². The van der Waals surface area contributed by atoms with Gasteiger partial charge in [0.15, 0.2) is 5.49 Å². The van der Waals surface area contributed by atoms with E-state index in [0.717, 1.165) is 36.7 Å². The Morgan fingerprint density at radius 2 is 1.96 bits per heavy atom. The number of rotatable bonds is 5. The van der Waals surface area contributed by atoms with Gasteiger partial charge in [-0.05, 0) is 12.5 Å². The molecule has 27 heavy (non-hydrogen) atoms. The van der Waals surface area contributed by atoms with E-state index in [-0.39, 0.29) is 11.1 Å². The molecule has 0 saturated heterocycles. The zero-order chi connectivity index (χ0) is 20.4. The summed E-state index contributed by atoms with van der Waals surface area (Å²) in [4.78, 5) is 26.9. The molecule has 0 saturated carbocycles. The highest BCUT2D eigenvalue weighted by Gasteiger charge is 2.21. The standard InChI is InChI=1S/C19H25FN4O3/c1-6-7-10-23-17(12-16(22(23)5)19(2,3)4)21-18(25)14-11-13(24(26)27)8-9-15(14)20/h8-9,11-12H,6-7,10H2,1-5H3. The van der Waals surface area contributed by atoms with Crippen LogP contribution in [0.5, 0.6) is 0 Å². The molecule has 0 unspecified atom stereocenters. The van der Waals surface area contributed by atoms with Crippen molar-refractivity contribution in [3.8, 4) is 0 Å². The Labute approximate surface area is 157 Å². The van der Waals surface area contributed by atoms with Crippen LogP contribution in [-0.4, -0.2) is 20.2 Å². The fraction of sp³-hybridized carbons (Fsp3) is 0.474. The molecule has 146 valence electrons. The molecule has 8 heteroatoms. The molecule has 0 aliphatic carbocycles. The van der Waals surface area contributed by atoms with Gasteiger partial charge in [0.2, 0.25) is 0 Å². The van der Waals surface area contributed by atoms with E-state index < -0.39 is 22.2 Å². The van der Waals surface area contributed by atoms with E-state index in [0.29, 0.717) is 12.0 Å². The van der Waals surface area contributed by atoms with Gasteiger partial charge in [0.25, 0.3) is 11.6 Å². The minimum absolute atomic E-state index is 0.170. The summed E-state index contributed by atoms with van der Waals surface area (Å²) in [6, 6.07) is 4.67. The highest BCUT2D eigenvalue weighted by atomic mass is 19.1. The molecule has 0 bridgehead atoms. The summed E-state index contributed by atoms with van der Waals surface area (Å²) in [7, 11) is 1.90. The summed E-state index contributed by atoms with van der Waals surface area (Å²) in [5.74, 6) is -1.67. The SMILES string of the molecule is CCCCn1c(=NC(=O)c2cc([N+](=O)[O-])ccc2F)cc(C(C)(C)C)n1C. The predicted molar refractivity (Wildman–Crippen MR) is 100.0 cm³/mol. The third-order valence-corrected chi connectivity index (χ3v) is 4.34. The van der Waals surface area contributed by atoms with E-state index in [1.807, 2.05) is 22.5 Å². The van der Waals surface area contributed by atoms with Crippen LogP contribution in [0.15, 0.2) is 29.3 Å². The summed E-state index contributed by atoms with van der Waals surface area (Å²) in [6.45, 7) is 8.89. The third-order valence-electron chi connectivity index (χ3n) is 4.34. The van der Waals surface area contributed by atoms with Crippen LogP contribution in [0.2, 0.25) is 0 Å². The van der Waals surface area contributed by atoms with Crippen molar-refractivity contribution in [3.05, 3.63) is 56.9 Å². The van der Waals surface area contributed by atoms with Gasteiger partial charge in [0, 0.05) is 42.9 Å². The van der Waals surface area contributed by atoms with Crippen molar-refractivity contribution in [1.29, 1.82) is 0 Å². The molecule has 1 amide bonds. The molecule has 0 aliphatic heterocycles. The Morgan fingerprint density at radius 3 is 2.52 bits per heavy atom. The van der Waals surface area contributed by atoms with Gasteiger partial charge in [-0.25, -0.2) is 4.39 Å². The minimum Gasteiger partial charge on any atom is -0.291 e. The van der Waals surface area contributed by atoms with Gasteiger partial charge < -0.3 is 0 Å². The maximum absolute atomic E-state index is 14.0. The fourth-order valence-electron chi connectivity index (χ4n) is 2.89. The van der Waals surface area contributed by atoms with Gasteiger partial charge in [-0.3, -0.25) is 24.3 Å². The van der Waals surface area contributed by atoms with Gasteiger partial charge in [-0.15, -0.1) is 0 Å². The smallest absolute Gasteiger partial charge is 0.282 e. The van der Waals surface area contributed by atoms with Crippen molar-refractivity contribution in [2.45, 2.75) is 52.5 Å². The number of nitro benzene ring substituents is 1. The van der Waals surface area contributed by atoms with Gasteiger partial charge in [-0.2, -0.15) is 4.99 Å². The van der Waals surface area contributed by atoms with Crippen LogP contribution in [0.3, 0.4) is 0 Å². The number of hydrogen-bond acceptors (Lipinski definition) is 3. The molecule has 0 spiro atoms. The number of aromatic nitrogens is 2. The highest BCUT2D eigenvalue weighted by molar-refractivity contribution is 5.95. The molecule has 7 nitrogen and oxygen atoms in total. The van der Waals surface area contributed by atoms with Gasteiger partial charge in [-0.1, -0.05) is 34.1 Å². The van der Waals surface area contributed by atoms with Crippen molar-refractivity contribution in [2.75, 3.05) is 0 Å². The molecule has 0 fully saturated rings. The molecule has 0 aliphatic rings. The largest absolute Gasteiger partial charge is 0.291 e. The number of hydrogen-bond donors (Lipinski definition) is 0. The van der Waals surface area contributed by atoms with Crippen LogP contribution < -0.4 is 5.49 Å². The summed E-state index contributed by atoms with van der Waals surface area (Å²) >= 11 is 0. The van der Waals surface area contributed by atoms with E-state index in [4.69, 9.17) is 0 Å². The topological polar surface area (TPSA) is 82.4 Å². The monoisotopic (exact) mass is 376 g/mol. The number of nitrogens with zero attached hydrogens (tertiary/aromatic N) is 4. The average Bonchev–Trinajstić information content (AvgIpc) is 2.89. The zero-order valence-corrected chi connectivity index (χ0v) is 16.3. The van der Waals surface area contributed by atoms with Crippen LogP contribution in [0.25, 0.3) is 0 Å². The zero-order valence-electron chi connectivity index (χ0n) is 16.3. The van der Waals surface area contributed by atoms with Crippen LogP contribution in [0, 0.1) is 15.9 Å². The molecular weight excluding hydrogens is 351 g/mol. The molecular formula is C19H25FN4O3. The molecule has 1 aromatic heterocycles.